The Morgan fingerprint density at radius 1 is 1.41 bits per heavy atom. The van der Waals surface area contributed by atoms with E-state index in [0.717, 1.165) is 11.6 Å². The predicted octanol–water partition coefficient (Wildman–Crippen LogP) is 2.67. The van der Waals surface area contributed by atoms with E-state index in [1.807, 2.05) is 0 Å². The van der Waals surface area contributed by atoms with Gasteiger partial charge in [-0.15, -0.1) is 0 Å². The number of nitrogens with one attached hydrogen (secondary N) is 2. The topological polar surface area (TPSA) is 41.1 Å². The molecular weight excluding hydrogens is 236 g/mol. The van der Waals surface area contributed by atoms with Crippen molar-refractivity contribution in [2.45, 2.75) is 25.8 Å². The van der Waals surface area contributed by atoms with Gasteiger partial charge in [0.25, 0.3) is 0 Å². The third-order valence-electron chi connectivity index (χ3n) is 3.04. The van der Waals surface area contributed by atoms with Crippen LogP contribution in [0.2, 0.25) is 5.02 Å². The molecule has 1 saturated carbocycles. The van der Waals surface area contributed by atoms with Crippen LogP contribution in [0.15, 0.2) is 24.3 Å². The third kappa shape index (κ3) is 4.02. The molecule has 1 fully saturated rings. The highest BCUT2D eigenvalue weighted by Crippen LogP contribution is 2.32. The summed E-state index contributed by atoms with van der Waals surface area (Å²) in [7, 11) is 0. The van der Waals surface area contributed by atoms with Crippen LogP contribution in [0.25, 0.3) is 0 Å². The van der Waals surface area contributed by atoms with E-state index in [0.29, 0.717) is 17.6 Å². The van der Waals surface area contributed by atoms with Crippen LogP contribution in [0.1, 0.15) is 19.8 Å². The van der Waals surface area contributed by atoms with Crippen molar-refractivity contribution in [2.75, 3.05) is 11.9 Å². The first-order valence-corrected chi connectivity index (χ1v) is 6.32. The first-order chi connectivity index (χ1) is 8.15. The standard InChI is InChI=1S/C13H17ClN2O/c1-9(10-2-3-10)15-8-13(17)16-12-6-4-11(14)5-7-12/h4-7,9-10,15H,2-3,8H2,1H3,(H,16,17). The largest absolute Gasteiger partial charge is 0.325 e. The summed E-state index contributed by atoms with van der Waals surface area (Å²) in [6.45, 7) is 2.49. The van der Waals surface area contributed by atoms with E-state index in [1.54, 1.807) is 24.3 Å². The minimum Gasteiger partial charge on any atom is -0.325 e. The summed E-state index contributed by atoms with van der Waals surface area (Å²) >= 11 is 5.77. The lowest BCUT2D eigenvalue weighted by Gasteiger charge is -2.12. The molecule has 1 aromatic rings. The van der Waals surface area contributed by atoms with Crippen molar-refractivity contribution in [2.24, 2.45) is 5.92 Å². The van der Waals surface area contributed by atoms with Crippen LogP contribution in [0.4, 0.5) is 5.69 Å². The second-order valence-electron chi connectivity index (χ2n) is 4.56. The van der Waals surface area contributed by atoms with Crippen molar-refractivity contribution in [3.63, 3.8) is 0 Å². The predicted molar refractivity (Wildman–Crippen MR) is 70.3 cm³/mol. The summed E-state index contributed by atoms with van der Waals surface area (Å²) in [4.78, 5) is 11.6. The number of hydrogen-bond acceptors (Lipinski definition) is 2. The Bertz CT molecular complexity index is 387. The van der Waals surface area contributed by atoms with Gasteiger partial charge in [0, 0.05) is 16.8 Å². The van der Waals surface area contributed by atoms with Gasteiger partial charge >= 0.3 is 0 Å². The van der Waals surface area contributed by atoms with Crippen LogP contribution in [-0.2, 0) is 4.79 Å². The van der Waals surface area contributed by atoms with Crippen LogP contribution in [0.5, 0.6) is 0 Å². The summed E-state index contributed by atoms with van der Waals surface area (Å²) in [6, 6.07) is 7.55. The normalized spacial score (nSPS) is 16.6. The molecule has 0 bridgehead atoms. The minimum atomic E-state index is -0.0141. The smallest absolute Gasteiger partial charge is 0.238 e. The number of halogens is 1. The van der Waals surface area contributed by atoms with Crippen molar-refractivity contribution in [3.8, 4) is 0 Å². The molecule has 1 unspecified atom stereocenters. The van der Waals surface area contributed by atoms with Gasteiger partial charge < -0.3 is 10.6 Å². The van der Waals surface area contributed by atoms with Crippen molar-refractivity contribution < 1.29 is 4.79 Å². The van der Waals surface area contributed by atoms with Gasteiger partial charge in [0.2, 0.25) is 5.91 Å². The van der Waals surface area contributed by atoms with Gasteiger partial charge in [0.15, 0.2) is 0 Å². The van der Waals surface area contributed by atoms with Crippen LogP contribution in [0.3, 0.4) is 0 Å². The Labute approximate surface area is 107 Å². The average Bonchev–Trinajstić information content (AvgIpc) is 3.13. The lowest BCUT2D eigenvalue weighted by atomic mass is 10.2. The summed E-state index contributed by atoms with van der Waals surface area (Å²) in [5.41, 5.74) is 0.778. The number of hydrogen-bond donors (Lipinski definition) is 2. The van der Waals surface area contributed by atoms with Crippen LogP contribution < -0.4 is 10.6 Å². The number of carbonyl (C=O) groups excluding carboxylic acids is 1. The van der Waals surface area contributed by atoms with Gasteiger partial charge in [0.05, 0.1) is 6.54 Å². The Kier molecular flexibility index (Phi) is 4.02. The zero-order chi connectivity index (χ0) is 12.3. The quantitative estimate of drug-likeness (QED) is 0.846. The highest BCUT2D eigenvalue weighted by molar-refractivity contribution is 6.30. The molecule has 0 radical (unpaired) electrons. The summed E-state index contributed by atoms with van der Waals surface area (Å²) in [6.07, 6.45) is 2.57. The molecule has 2 N–H and O–H groups in total. The maximum absolute atomic E-state index is 11.6. The maximum atomic E-state index is 11.6. The van der Waals surface area contributed by atoms with Crippen molar-refractivity contribution in [1.82, 2.24) is 5.32 Å². The lowest BCUT2D eigenvalue weighted by Crippen LogP contribution is -2.35. The summed E-state index contributed by atoms with van der Waals surface area (Å²) < 4.78 is 0. The molecule has 4 heteroatoms. The van der Waals surface area contributed by atoms with E-state index in [1.165, 1.54) is 12.8 Å². The monoisotopic (exact) mass is 252 g/mol. The molecule has 1 aliphatic carbocycles. The molecular formula is C13H17ClN2O. The zero-order valence-corrected chi connectivity index (χ0v) is 10.6. The number of anilines is 1. The highest BCUT2D eigenvalue weighted by Gasteiger charge is 2.27. The molecule has 0 aliphatic heterocycles. The van der Waals surface area contributed by atoms with Crippen molar-refractivity contribution in [1.29, 1.82) is 0 Å². The third-order valence-corrected chi connectivity index (χ3v) is 3.29. The van der Waals surface area contributed by atoms with Gasteiger partial charge in [-0.2, -0.15) is 0 Å². The van der Waals surface area contributed by atoms with Crippen LogP contribution in [0, 0.1) is 5.92 Å². The van der Waals surface area contributed by atoms with E-state index in [4.69, 9.17) is 11.6 Å². The average molecular weight is 253 g/mol. The Balaban J connectivity index is 1.74. The Morgan fingerprint density at radius 2 is 2.06 bits per heavy atom. The fraction of sp³-hybridized carbons (Fsp3) is 0.462. The molecule has 0 saturated heterocycles. The molecule has 0 spiro atoms. The Hall–Kier alpha value is -1.06. The van der Waals surface area contributed by atoms with E-state index in [-0.39, 0.29) is 5.91 Å². The van der Waals surface area contributed by atoms with E-state index < -0.39 is 0 Å². The molecule has 0 aromatic heterocycles. The Morgan fingerprint density at radius 3 is 2.65 bits per heavy atom. The molecule has 2 rings (SSSR count). The second kappa shape index (κ2) is 5.52. The maximum Gasteiger partial charge on any atom is 0.238 e. The minimum absolute atomic E-state index is 0.0141. The molecule has 0 heterocycles. The molecule has 1 atom stereocenters. The molecule has 1 amide bonds. The van der Waals surface area contributed by atoms with Gasteiger partial charge in [-0.3, -0.25) is 4.79 Å². The second-order valence-corrected chi connectivity index (χ2v) is 5.00. The summed E-state index contributed by atoms with van der Waals surface area (Å²) in [5, 5.41) is 6.73. The molecule has 92 valence electrons. The number of rotatable bonds is 5. The highest BCUT2D eigenvalue weighted by atomic mass is 35.5. The van der Waals surface area contributed by atoms with Crippen LogP contribution in [-0.4, -0.2) is 18.5 Å². The van der Waals surface area contributed by atoms with Gasteiger partial charge in [-0.05, 0) is 49.9 Å². The first kappa shape index (κ1) is 12.4. The zero-order valence-electron chi connectivity index (χ0n) is 9.87. The number of benzene rings is 1. The summed E-state index contributed by atoms with van der Waals surface area (Å²) in [5.74, 6) is 0.748. The van der Waals surface area contributed by atoms with E-state index in [2.05, 4.69) is 17.6 Å². The SMILES string of the molecule is CC(NCC(=O)Nc1ccc(Cl)cc1)C1CC1. The van der Waals surface area contributed by atoms with Crippen LogP contribution >= 0.6 is 11.6 Å². The molecule has 3 nitrogen and oxygen atoms in total. The van der Waals surface area contributed by atoms with E-state index in [9.17, 15) is 4.79 Å². The fourth-order valence-corrected chi connectivity index (χ4v) is 1.88. The van der Waals surface area contributed by atoms with Gasteiger partial charge in [-0.25, -0.2) is 0 Å². The van der Waals surface area contributed by atoms with E-state index >= 15 is 0 Å². The molecule has 1 aliphatic rings. The lowest BCUT2D eigenvalue weighted by molar-refractivity contribution is -0.115. The van der Waals surface area contributed by atoms with Crippen molar-refractivity contribution >= 4 is 23.2 Å². The molecule has 1 aromatic carbocycles. The fourth-order valence-electron chi connectivity index (χ4n) is 1.75. The van der Waals surface area contributed by atoms with Gasteiger partial charge in [-0.1, -0.05) is 11.6 Å². The number of amides is 1. The first-order valence-electron chi connectivity index (χ1n) is 5.94. The number of carbonyl (C=O) groups is 1. The van der Waals surface area contributed by atoms with Gasteiger partial charge in [0.1, 0.15) is 0 Å². The van der Waals surface area contributed by atoms with Crippen molar-refractivity contribution in [3.05, 3.63) is 29.3 Å². The molecule has 17 heavy (non-hydrogen) atoms.